The molecule has 3 heterocycles. The largest absolute Gasteiger partial charge is 0.383 e. The molecule has 0 bridgehead atoms. The smallest absolute Gasteiger partial charge is 0.158 e. The van der Waals surface area contributed by atoms with Crippen LogP contribution in [0.5, 0.6) is 0 Å². The van der Waals surface area contributed by atoms with E-state index in [0.29, 0.717) is 6.61 Å². The number of aryl methyl sites for hydroxylation is 1. The molecule has 0 aliphatic carbocycles. The van der Waals surface area contributed by atoms with Crippen LogP contribution in [0, 0.1) is 6.92 Å². The number of hydrogen-bond acceptors (Lipinski definition) is 5. The summed E-state index contributed by atoms with van der Waals surface area (Å²) in [4.78, 5) is 5.86. The monoisotopic (exact) mass is 316 g/mol. The average molecular weight is 316 g/mol. The highest BCUT2D eigenvalue weighted by Crippen LogP contribution is 2.27. The van der Waals surface area contributed by atoms with Gasteiger partial charge >= 0.3 is 0 Å². The van der Waals surface area contributed by atoms with E-state index in [1.54, 1.807) is 18.4 Å². The lowest BCUT2D eigenvalue weighted by atomic mass is 10.1. The van der Waals surface area contributed by atoms with E-state index in [1.807, 2.05) is 16.6 Å². The van der Waals surface area contributed by atoms with Gasteiger partial charge in [-0.3, -0.25) is 0 Å². The Morgan fingerprint density at radius 3 is 2.95 bits per heavy atom. The van der Waals surface area contributed by atoms with Crippen molar-refractivity contribution in [2.75, 3.05) is 25.6 Å². The number of thiophene rings is 1. The van der Waals surface area contributed by atoms with E-state index in [9.17, 15) is 0 Å². The van der Waals surface area contributed by atoms with Crippen molar-refractivity contribution in [3.05, 3.63) is 34.8 Å². The van der Waals surface area contributed by atoms with Crippen molar-refractivity contribution < 1.29 is 4.74 Å². The fraction of sp³-hybridized carbons (Fsp3) is 0.375. The summed E-state index contributed by atoms with van der Waals surface area (Å²) >= 11 is 1.69. The molecule has 0 atom stereocenters. The summed E-state index contributed by atoms with van der Waals surface area (Å²) in [5.41, 5.74) is 4.08. The molecule has 1 N–H and O–H groups in total. The van der Waals surface area contributed by atoms with Gasteiger partial charge in [0.15, 0.2) is 5.65 Å². The first-order chi connectivity index (χ1) is 10.7. The minimum atomic E-state index is 0.658. The molecule has 6 heteroatoms. The molecule has 3 rings (SSSR count). The predicted octanol–water partition coefficient (Wildman–Crippen LogP) is 3.39. The van der Waals surface area contributed by atoms with Crippen LogP contribution in [0.4, 0.5) is 5.82 Å². The quantitative estimate of drug-likeness (QED) is 0.708. The Balaban J connectivity index is 2.11. The van der Waals surface area contributed by atoms with E-state index in [-0.39, 0.29) is 0 Å². The molecular weight excluding hydrogens is 296 g/mol. The number of rotatable bonds is 6. The van der Waals surface area contributed by atoms with E-state index in [0.717, 1.165) is 40.7 Å². The van der Waals surface area contributed by atoms with Gasteiger partial charge in [0.1, 0.15) is 11.5 Å². The zero-order chi connectivity index (χ0) is 15.5. The van der Waals surface area contributed by atoms with Crippen LogP contribution in [0.3, 0.4) is 0 Å². The van der Waals surface area contributed by atoms with Crippen LogP contribution in [0.15, 0.2) is 23.6 Å². The molecule has 0 unspecified atom stereocenters. The number of hydrogen-bond donors (Lipinski definition) is 1. The molecule has 22 heavy (non-hydrogen) atoms. The van der Waals surface area contributed by atoms with Crippen molar-refractivity contribution in [2.24, 2.45) is 0 Å². The van der Waals surface area contributed by atoms with Gasteiger partial charge in [-0.25, -0.2) is 4.98 Å². The summed E-state index contributed by atoms with van der Waals surface area (Å²) in [6.07, 6.45) is 0.915. The maximum atomic E-state index is 5.14. The zero-order valence-electron chi connectivity index (χ0n) is 13.1. The number of methoxy groups -OCH3 is 1. The molecule has 5 nitrogen and oxygen atoms in total. The summed E-state index contributed by atoms with van der Waals surface area (Å²) in [7, 11) is 1.71. The van der Waals surface area contributed by atoms with Gasteiger partial charge < -0.3 is 10.1 Å². The number of aromatic nitrogens is 3. The molecule has 0 spiro atoms. The van der Waals surface area contributed by atoms with Crippen LogP contribution in [-0.2, 0) is 11.2 Å². The lowest BCUT2D eigenvalue weighted by Gasteiger charge is -2.14. The van der Waals surface area contributed by atoms with Gasteiger partial charge in [-0.1, -0.05) is 13.0 Å². The molecule has 116 valence electrons. The topological polar surface area (TPSA) is 51.5 Å². The molecule has 3 aromatic rings. The second kappa shape index (κ2) is 6.46. The van der Waals surface area contributed by atoms with Crippen LogP contribution in [0.25, 0.3) is 16.2 Å². The predicted molar refractivity (Wildman–Crippen MR) is 90.8 cm³/mol. The molecule has 0 saturated carbocycles. The number of nitrogens with one attached hydrogen (secondary N) is 1. The second-order valence-corrected chi connectivity index (χ2v) is 6.02. The van der Waals surface area contributed by atoms with Gasteiger partial charge in [0.2, 0.25) is 0 Å². The van der Waals surface area contributed by atoms with E-state index in [1.165, 1.54) is 5.56 Å². The number of fused-ring (bicyclic) bond motifs is 1. The van der Waals surface area contributed by atoms with Crippen molar-refractivity contribution in [3.8, 4) is 10.6 Å². The summed E-state index contributed by atoms with van der Waals surface area (Å²) < 4.78 is 7.05. The van der Waals surface area contributed by atoms with E-state index in [4.69, 9.17) is 14.8 Å². The molecule has 0 amide bonds. The molecule has 0 radical (unpaired) electrons. The SMILES string of the molecule is CCc1c(C)nc2cc(-c3cccs3)nn2c1NCCOC. The van der Waals surface area contributed by atoms with Gasteiger partial charge in [0.25, 0.3) is 0 Å². The van der Waals surface area contributed by atoms with E-state index >= 15 is 0 Å². The Hall–Kier alpha value is -1.92. The van der Waals surface area contributed by atoms with Crippen LogP contribution < -0.4 is 5.32 Å². The van der Waals surface area contributed by atoms with Crippen molar-refractivity contribution in [3.63, 3.8) is 0 Å². The number of anilines is 1. The highest BCUT2D eigenvalue weighted by atomic mass is 32.1. The normalized spacial score (nSPS) is 11.2. The molecule has 0 aliphatic heterocycles. The van der Waals surface area contributed by atoms with Crippen molar-refractivity contribution in [1.82, 2.24) is 14.6 Å². The highest BCUT2D eigenvalue weighted by molar-refractivity contribution is 7.13. The van der Waals surface area contributed by atoms with E-state index in [2.05, 4.69) is 30.6 Å². The number of ether oxygens (including phenoxy) is 1. The molecule has 0 fully saturated rings. The van der Waals surface area contributed by atoms with E-state index < -0.39 is 0 Å². The summed E-state index contributed by atoms with van der Waals surface area (Å²) in [5, 5.41) is 10.3. The van der Waals surface area contributed by atoms with Gasteiger partial charge in [-0.15, -0.1) is 11.3 Å². The lowest BCUT2D eigenvalue weighted by Crippen LogP contribution is -2.14. The molecule has 0 aliphatic rings. The summed E-state index contributed by atoms with van der Waals surface area (Å²) in [6.45, 7) is 5.60. The molecule has 0 aromatic carbocycles. The van der Waals surface area contributed by atoms with Gasteiger partial charge in [-0.05, 0) is 24.8 Å². The van der Waals surface area contributed by atoms with Crippen molar-refractivity contribution in [2.45, 2.75) is 20.3 Å². The van der Waals surface area contributed by atoms with Gasteiger partial charge in [0, 0.05) is 31.0 Å². The first-order valence-corrected chi connectivity index (χ1v) is 8.28. The van der Waals surface area contributed by atoms with Crippen molar-refractivity contribution >= 4 is 22.8 Å². The Morgan fingerprint density at radius 1 is 1.41 bits per heavy atom. The zero-order valence-corrected chi connectivity index (χ0v) is 13.9. The van der Waals surface area contributed by atoms with Crippen LogP contribution >= 0.6 is 11.3 Å². The van der Waals surface area contributed by atoms with Crippen molar-refractivity contribution in [1.29, 1.82) is 0 Å². The fourth-order valence-electron chi connectivity index (χ4n) is 2.58. The maximum absolute atomic E-state index is 5.14. The minimum absolute atomic E-state index is 0.658. The molecule has 0 saturated heterocycles. The lowest BCUT2D eigenvalue weighted by molar-refractivity contribution is 0.210. The third-order valence-electron chi connectivity index (χ3n) is 3.63. The van der Waals surface area contributed by atoms with Crippen LogP contribution in [0.2, 0.25) is 0 Å². The average Bonchev–Trinajstić information content (AvgIpc) is 3.15. The molecule has 3 aromatic heterocycles. The Bertz CT molecular complexity index is 764. The molecular formula is C16H20N4OS. The van der Waals surface area contributed by atoms with Crippen LogP contribution in [0.1, 0.15) is 18.2 Å². The third-order valence-corrected chi connectivity index (χ3v) is 4.53. The second-order valence-electron chi connectivity index (χ2n) is 5.07. The highest BCUT2D eigenvalue weighted by Gasteiger charge is 2.15. The Labute approximate surface area is 134 Å². The Kier molecular flexibility index (Phi) is 4.40. The van der Waals surface area contributed by atoms with Gasteiger partial charge in [-0.2, -0.15) is 9.61 Å². The summed E-state index contributed by atoms with van der Waals surface area (Å²) in [5.74, 6) is 1.02. The van der Waals surface area contributed by atoms with Crippen LogP contribution in [-0.4, -0.2) is 34.9 Å². The minimum Gasteiger partial charge on any atom is -0.383 e. The fourth-order valence-corrected chi connectivity index (χ4v) is 3.26. The maximum Gasteiger partial charge on any atom is 0.158 e. The summed E-state index contributed by atoms with van der Waals surface area (Å²) in [6, 6.07) is 6.16. The van der Waals surface area contributed by atoms with Gasteiger partial charge in [0.05, 0.1) is 11.5 Å². The third kappa shape index (κ3) is 2.71. The first kappa shape index (κ1) is 15.0. The standard InChI is InChI=1S/C16H20N4OS/c1-4-12-11(2)18-15-10-13(14-6-5-9-22-14)19-20(15)16(12)17-7-8-21-3/h5-6,9-10,17H,4,7-8H2,1-3H3. The Morgan fingerprint density at radius 2 is 2.27 bits per heavy atom. The first-order valence-electron chi connectivity index (χ1n) is 7.40. The number of nitrogens with zero attached hydrogens (tertiary/aromatic N) is 3.